The first-order valence-electron chi connectivity index (χ1n) is 4.52. The first kappa shape index (κ1) is 14.9. The third-order valence-corrected chi connectivity index (χ3v) is 1.24. The lowest BCUT2D eigenvalue weighted by Gasteiger charge is -2.02. The molecule has 0 heterocycles. The van der Waals surface area contributed by atoms with E-state index in [9.17, 15) is 4.79 Å². The van der Waals surface area contributed by atoms with Gasteiger partial charge in [-0.05, 0) is 7.05 Å². The normalized spacial score (nSPS) is 9.77. The third-order valence-electron chi connectivity index (χ3n) is 1.24. The summed E-state index contributed by atoms with van der Waals surface area (Å²) in [6, 6.07) is 0.890. The van der Waals surface area contributed by atoms with Crippen molar-refractivity contribution in [1.82, 2.24) is 10.6 Å². The largest absolute Gasteiger partial charge is 0.480 e. The molecule has 0 saturated heterocycles. The standard InChI is InChI=1S/C5H11NO2.C4H11N/c1-4(2)6-3-5(7)8;1-4(2)5-3/h4,6H,3H2,1-2H3,(H,7,8);4-5H,1-3H3. The van der Waals surface area contributed by atoms with Crippen molar-refractivity contribution in [2.24, 2.45) is 0 Å². The Morgan fingerprint density at radius 3 is 1.69 bits per heavy atom. The van der Waals surface area contributed by atoms with Gasteiger partial charge in [-0.1, -0.05) is 27.7 Å². The highest BCUT2D eigenvalue weighted by molar-refractivity contribution is 5.69. The minimum atomic E-state index is -0.807. The van der Waals surface area contributed by atoms with Crippen LogP contribution in [0.2, 0.25) is 0 Å². The summed E-state index contributed by atoms with van der Waals surface area (Å²) >= 11 is 0. The number of nitrogens with one attached hydrogen (secondary N) is 2. The monoisotopic (exact) mass is 190 g/mol. The van der Waals surface area contributed by atoms with Crippen LogP contribution in [0.4, 0.5) is 0 Å². The molecule has 4 nitrogen and oxygen atoms in total. The molecule has 0 unspecified atom stereocenters. The van der Waals surface area contributed by atoms with Gasteiger partial charge in [-0.2, -0.15) is 0 Å². The Bertz CT molecular complexity index is 125. The van der Waals surface area contributed by atoms with Crippen molar-refractivity contribution in [1.29, 1.82) is 0 Å². The molecule has 0 fully saturated rings. The van der Waals surface area contributed by atoms with Gasteiger partial charge in [0, 0.05) is 12.1 Å². The predicted octanol–water partition coefficient (Wildman–Crippen LogP) is 0.683. The number of hydrogen-bond acceptors (Lipinski definition) is 3. The highest BCUT2D eigenvalue weighted by Crippen LogP contribution is 1.72. The zero-order valence-electron chi connectivity index (χ0n) is 9.22. The molecule has 0 aromatic heterocycles. The molecule has 0 aliphatic rings. The van der Waals surface area contributed by atoms with Gasteiger partial charge in [-0.3, -0.25) is 4.79 Å². The van der Waals surface area contributed by atoms with E-state index in [-0.39, 0.29) is 12.6 Å². The van der Waals surface area contributed by atoms with Gasteiger partial charge in [-0.15, -0.1) is 0 Å². The lowest BCUT2D eigenvalue weighted by Crippen LogP contribution is -2.28. The number of rotatable bonds is 4. The molecule has 0 aromatic carbocycles. The topological polar surface area (TPSA) is 61.4 Å². The van der Waals surface area contributed by atoms with E-state index in [0.717, 1.165) is 0 Å². The smallest absolute Gasteiger partial charge is 0.317 e. The van der Waals surface area contributed by atoms with E-state index in [4.69, 9.17) is 5.11 Å². The van der Waals surface area contributed by atoms with Crippen LogP contribution in [0.15, 0.2) is 0 Å². The van der Waals surface area contributed by atoms with E-state index >= 15 is 0 Å². The van der Waals surface area contributed by atoms with Gasteiger partial charge in [0.1, 0.15) is 0 Å². The summed E-state index contributed by atoms with van der Waals surface area (Å²) in [6.07, 6.45) is 0. The van der Waals surface area contributed by atoms with E-state index in [2.05, 4.69) is 24.5 Å². The highest BCUT2D eigenvalue weighted by Gasteiger charge is 1.95. The first-order valence-corrected chi connectivity index (χ1v) is 4.52. The summed E-state index contributed by atoms with van der Waals surface area (Å²) < 4.78 is 0. The maximum absolute atomic E-state index is 9.84. The molecule has 0 radical (unpaired) electrons. The molecule has 0 bridgehead atoms. The van der Waals surface area contributed by atoms with Gasteiger partial charge in [0.15, 0.2) is 0 Å². The molecule has 0 aliphatic carbocycles. The van der Waals surface area contributed by atoms with Crippen LogP contribution in [-0.2, 0) is 4.79 Å². The average molecular weight is 190 g/mol. The fourth-order valence-electron chi connectivity index (χ4n) is 0.291. The van der Waals surface area contributed by atoms with Gasteiger partial charge in [0.25, 0.3) is 0 Å². The molecule has 0 aromatic rings. The van der Waals surface area contributed by atoms with Crippen LogP contribution in [0.25, 0.3) is 0 Å². The Kier molecular flexibility index (Phi) is 10.9. The number of hydrogen-bond donors (Lipinski definition) is 3. The van der Waals surface area contributed by atoms with E-state index < -0.39 is 5.97 Å². The summed E-state index contributed by atoms with van der Waals surface area (Å²) in [4.78, 5) is 9.84. The van der Waals surface area contributed by atoms with Gasteiger partial charge >= 0.3 is 5.97 Å². The molecule has 3 N–H and O–H groups in total. The Balaban J connectivity index is 0. The zero-order chi connectivity index (χ0) is 10.9. The summed E-state index contributed by atoms with van der Waals surface area (Å²) in [5, 5.41) is 13.9. The van der Waals surface area contributed by atoms with Crippen LogP contribution in [0, 0.1) is 0 Å². The van der Waals surface area contributed by atoms with Crippen LogP contribution < -0.4 is 10.6 Å². The number of carbonyl (C=O) groups is 1. The van der Waals surface area contributed by atoms with Crippen molar-refractivity contribution in [2.75, 3.05) is 13.6 Å². The molecular weight excluding hydrogens is 168 g/mol. The predicted molar refractivity (Wildman–Crippen MR) is 55.0 cm³/mol. The Labute approximate surface area is 80.7 Å². The molecule has 0 saturated carbocycles. The van der Waals surface area contributed by atoms with Gasteiger partial charge in [0.05, 0.1) is 6.54 Å². The molecule has 4 heteroatoms. The van der Waals surface area contributed by atoms with Crippen molar-refractivity contribution >= 4 is 5.97 Å². The van der Waals surface area contributed by atoms with Crippen molar-refractivity contribution < 1.29 is 9.90 Å². The maximum Gasteiger partial charge on any atom is 0.317 e. The number of carboxylic acids is 1. The fourth-order valence-corrected chi connectivity index (χ4v) is 0.291. The number of aliphatic carboxylic acids is 1. The minimum Gasteiger partial charge on any atom is -0.480 e. The van der Waals surface area contributed by atoms with E-state index in [1.54, 1.807) is 0 Å². The lowest BCUT2D eigenvalue weighted by molar-refractivity contribution is -0.136. The van der Waals surface area contributed by atoms with Crippen molar-refractivity contribution in [3.8, 4) is 0 Å². The molecule has 0 amide bonds. The maximum atomic E-state index is 9.84. The van der Waals surface area contributed by atoms with Gasteiger partial charge in [-0.25, -0.2) is 0 Å². The van der Waals surface area contributed by atoms with Crippen molar-refractivity contribution in [3.05, 3.63) is 0 Å². The van der Waals surface area contributed by atoms with E-state index in [0.29, 0.717) is 6.04 Å². The molecule has 13 heavy (non-hydrogen) atoms. The summed E-state index contributed by atoms with van der Waals surface area (Å²) in [7, 11) is 1.95. The van der Waals surface area contributed by atoms with E-state index in [1.807, 2.05) is 20.9 Å². The molecule has 0 aliphatic heterocycles. The Morgan fingerprint density at radius 1 is 1.23 bits per heavy atom. The summed E-state index contributed by atoms with van der Waals surface area (Å²) in [6.45, 7) is 8.09. The number of carboxylic acid groups (broad SMARTS) is 1. The lowest BCUT2D eigenvalue weighted by atomic mass is 10.4. The fraction of sp³-hybridized carbons (Fsp3) is 0.889. The van der Waals surface area contributed by atoms with E-state index in [1.165, 1.54) is 0 Å². The summed E-state index contributed by atoms with van der Waals surface area (Å²) in [5.41, 5.74) is 0. The first-order chi connectivity index (χ1) is 5.90. The third kappa shape index (κ3) is 24.6. The van der Waals surface area contributed by atoms with Crippen LogP contribution in [0.1, 0.15) is 27.7 Å². The van der Waals surface area contributed by atoms with Crippen LogP contribution in [-0.4, -0.2) is 36.8 Å². The molecule has 0 rings (SSSR count). The Morgan fingerprint density at radius 2 is 1.62 bits per heavy atom. The van der Waals surface area contributed by atoms with Crippen LogP contribution in [0.3, 0.4) is 0 Å². The second-order valence-electron chi connectivity index (χ2n) is 3.37. The van der Waals surface area contributed by atoms with Crippen LogP contribution >= 0.6 is 0 Å². The molecule has 0 atom stereocenters. The Hall–Kier alpha value is -0.610. The summed E-state index contributed by atoms with van der Waals surface area (Å²) in [5.74, 6) is -0.807. The minimum absolute atomic E-state index is 0.0532. The second-order valence-corrected chi connectivity index (χ2v) is 3.37. The molecule has 80 valence electrons. The average Bonchev–Trinajstić information content (AvgIpc) is 2.02. The highest BCUT2D eigenvalue weighted by atomic mass is 16.4. The van der Waals surface area contributed by atoms with Crippen molar-refractivity contribution in [2.45, 2.75) is 39.8 Å². The van der Waals surface area contributed by atoms with Gasteiger partial charge < -0.3 is 15.7 Å². The van der Waals surface area contributed by atoms with Crippen LogP contribution in [0.5, 0.6) is 0 Å². The second kappa shape index (κ2) is 9.48. The van der Waals surface area contributed by atoms with Crippen molar-refractivity contribution in [3.63, 3.8) is 0 Å². The SMILES string of the molecule is CC(C)NCC(=O)O.CNC(C)C. The quantitative estimate of drug-likeness (QED) is 0.610. The zero-order valence-corrected chi connectivity index (χ0v) is 9.22. The molecule has 0 spiro atoms. The molecular formula is C9H22N2O2. The van der Waals surface area contributed by atoms with Gasteiger partial charge in [0.2, 0.25) is 0 Å².